The van der Waals surface area contributed by atoms with Gasteiger partial charge in [0.2, 0.25) is 0 Å². The zero-order valence-electron chi connectivity index (χ0n) is 11.1. The number of alkyl halides is 3. The maximum absolute atomic E-state index is 12.2. The monoisotopic (exact) mass is 321 g/mol. The predicted molar refractivity (Wildman–Crippen MR) is 69.1 cm³/mol. The van der Waals surface area contributed by atoms with Crippen LogP contribution in [0.2, 0.25) is 0 Å². The van der Waals surface area contributed by atoms with Gasteiger partial charge in [-0.05, 0) is 12.1 Å². The highest BCUT2D eigenvalue weighted by atomic mass is 19.4. The summed E-state index contributed by atoms with van der Waals surface area (Å²) >= 11 is 0. The molecule has 0 unspecified atom stereocenters. The lowest BCUT2D eigenvalue weighted by Gasteiger charge is -2.13. The number of amides is 1. The van der Waals surface area contributed by atoms with Crippen LogP contribution in [0.1, 0.15) is 10.4 Å². The second kappa shape index (κ2) is 6.83. The highest BCUT2D eigenvalue weighted by Crippen LogP contribution is 2.28. The molecule has 0 aliphatic rings. The first kappa shape index (κ1) is 17.3. The van der Waals surface area contributed by atoms with E-state index in [9.17, 15) is 18.0 Å². The number of carbonyl (C=O) groups is 1. The smallest absolute Gasteiger partial charge is 0.406 e. The summed E-state index contributed by atoms with van der Waals surface area (Å²) < 4.78 is 40.3. The molecule has 0 radical (unpaired) electrons. The van der Waals surface area contributed by atoms with Gasteiger partial charge in [-0.3, -0.25) is 4.79 Å². The Bertz CT molecular complexity index is 778. The van der Waals surface area contributed by atoms with E-state index in [4.69, 9.17) is 21.5 Å². The van der Waals surface area contributed by atoms with Gasteiger partial charge in [-0.1, -0.05) is 0 Å². The minimum Gasteiger partial charge on any atom is -0.406 e. The number of ether oxygens (including phenoxy) is 1. The van der Waals surface area contributed by atoms with Crippen molar-refractivity contribution in [2.75, 3.05) is 5.32 Å². The topological polar surface area (TPSA) is 136 Å². The Hall–Kier alpha value is -3.71. The molecule has 0 saturated carbocycles. The molecule has 7 nitrogen and oxygen atoms in total. The Morgan fingerprint density at radius 1 is 1.17 bits per heavy atom. The number of allylic oxidation sites excluding steroid dienone is 2. The highest BCUT2D eigenvalue weighted by Gasteiger charge is 2.31. The first-order valence-electron chi connectivity index (χ1n) is 5.63. The summed E-state index contributed by atoms with van der Waals surface area (Å²) in [7, 11) is 0. The number of hydrogen-bond donors (Lipinski definition) is 2. The van der Waals surface area contributed by atoms with Crippen LogP contribution in [0, 0.1) is 34.0 Å². The van der Waals surface area contributed by atoms with Crippen molar-refractivity contribution in [1.29, 1.82) is 15.8 Å². The van der Waals surface area contributed by atoms with Crippen LogP contribution < -0.4 is 15.8 Å². The second-order valence-corrected chi connectivity index (χ2v) is 3.83. The van der Waals surface area contributed by atoms with Crippen molar-refractivity contribution >= 4 is 11.6 Å². The van der Waals surface area contributed by atoms with Crippen LogP contribution >= 0.6 is 0 Å². The molecule has 0 atom stereocenters. The fourth-order valence-corrected chi connectivity index (χ4v) is 1.46. The number of carbonyl (C=O) groups excluding carboxylic acids is 1. The molecule has 0 aliphatic heterocycles. The van der Waals surface area contributed by atoms with Crippen LogP contribution in [-0.4, -0.2) is 12.3 Å². The molecule has 116 valence electrons. The van der Waals surface area contributed by atoms with Gasteiger partial charge in [0.05, 0.1) is 11.3 Å². The number of nitriles is 3. The number of nitrogens with zero attached hydrogens (tertiary/aromatic N) is 3. The number of rotatable bonds is 4. The Balaban J connectivity index is 3.38. The molecular weight excluding hydrogens is 315 g/mol. The summed E-state index contributed by atoms with van der Waals surface area (Å²) in [6.45, 7) is 0. The Morgan fingerprint density at radius 2 is 1.78 bits per heavy atom. The lowest BCUT2D eigenvalue weighted by molar-refractivity contribution is -0.274. The summed E-state index contributed by atoms with van der Waals surface area (Å²) in [5.41, 5.74) is 3.32. The van der Waals surface area contributed by atoms with Gasteiger partial charge in [0.1, 0.15) is 29.7 Å². The van der Waals surface area contributed by atoms with Gasteiger partial charge < -0.3 is 15.8 Å². The van der Waals surface area contributed by atoms with Crippen LogP contribution in [0.5, 0.6) is 5.75 Å². The van der Waals surface area contributed by atoms with Crippen molar-refractivity contribution in [2.45, 2.75) is 6.36 Å². The summed E-state index contributed by atoms with van der Waals surface area (Å²) in [6.07, 6.45) is -4.97. The molecule has 1 aromatic rings. The maximum Gasteiger partial charge on any atom is 0.573 e. The van der Waals surface area contributed by atoms with Gasteiger partial charge >= 0.3 is 6.36 Å². The van der Waals surface area contributed by atoms with E-state index in [-0.39, 0.29) is 11.3 Å². The van der Waals surface area contributed by atoms with Crippen LogP contribution in [0.15, 0.2) is 29.5 Å². The molecule has 0 spiro atoms. The number of primary amides is 1. The number of hydrogen-bond acceptors (Lipinski definition) is 6. The van der Waals surface area contributed by atoms with Crippen molar-refractivity contribution in [3.63, 3.8) is 0 Å². The van der Waals surface area contributed by atoms with Gasteiger partial charge in [0.15, 0.2) is 5.57 Å². The van der Waals surface area contributed by atoms with Gasteiger partial charge in [-0.15, -0.1) is 13.2 Å². The molecule has 23 heavy (non-hydrogen) atoms. The molecule has 10 heteroatoms. The first-order valence-corrected chi connectivity index (χ1v) is 5.63. The molecule has 0 aromatic heterocycles. The number of halogens is 3. The number of nitrogens with two attached hydrogens (primary N) is 1. The average Bonchev–Trinajstić information content (AvgIpc) is 2.45. The quantitative estimate of drug-likeness (QED) is 0.813. The lowest BCUT2D eigenvalue weighted by atomic mass is 10.1. The van der Waals surface area contributed by atoms with Gasteiger partial charge in [0.25, 0.3) is 5.91 Å². The minimum absolute atomic E-state index is 0.262. The van der Waals surface area contributed by atoms with E-state index in [1.54, 1.807) is 0 Å². The molecule has 0 saturated heterocycles. The van der Waals surface area contributed by atoms with Crippen LogP contribution in [0.4, 0.5) is 18.9 Å². The van der Waals surface area contributed by atoms with E-state index in [1.807, 2.05) is 0 Å². The Kier molecular flexibility index (Phi) is 5.15. The first-order chi connectivity index (χ1) is 10.7. The van der Waals surface area contributed by atoms with Crippen molar-refractivity contribution in [3.05, 3.63) is 35.0 Å². The van der Waals surface area contributed by atoms with Gasteiger partial charge in [0, 0.05) is 6.07 Å². The third-order valence-corrected chi connectivity index (χ3v) is 2.34. The SMILES string of the molecule is N#CC(C#N)=C(C#N)Nc1cc(OC(F)(F)F)ccc1C(N)=O. The Morgan fingerprint density at radius 3 is 2.22 bits per heavy atom. The zero-order valence-corrected chi connectivity index (χ0v) is 11.1. The van der Waals surface area contributed by atoms with E-state index in [0.29, 0.717) is 0 Å². The summed E-state index contributed by atoms with van der Waals surface area (Å²) in [5, 5.41) is 28.5. The summed E-state index contributed by atoms with van der Waals surface area (Å²) in [5.74, 6) is -1.68. The zero-order chi connectivity index (χ0) is 17.6. The molecule has 0 bridgehead atoms. The summed E-state index contributed by atoms with van der Waals surface area (Å²) in [6, 6.07) is 6.91. The van der Waals surface area contributed by atoms with E-state index >= 15 is 0 Å². The molecule has 0 aliphatic carbocycles. The fourth-order valence-electron chi connectivity index (χ4n) is 1.46. The molecule has 1 amide bonds. The minimum atomic E-state index is -4.97. The average molecular weight is 321 g/mol. The molecule has 0 heterocycles. The van der Waals surface area contributed by atoms with Crippen LogP contribution in [-0.2, 0) is 0 Å². The molecule has 3 N–H and O–H groups in total. The second-order valence-electron chi connectivity index (χ2n) is 3.83. The van der Waals surface area contributed by atoms with E-state index < -0.39 is 29.3 Å². The molecule has 0 fully saturated rings. The normalized spacial score (nSPS) is 9.74. The van der Waals surface area contributed by atoms with Gasteiger partial charge in [-0.2, -0.15) is 15.8 Å². The van der Waals surface area contributed by atoms with Crippen molar-refractivity contribution in [3.8, 4) is 24.0 Å². The van der Waals surface area contributed by atoms with E-state index in [0.717, 1.165) is 18.2 Å². The maximum atomic E-state index is 12.2. The van der Waals surface area contributed by atoms with Gasteiger partial charge in [-0.25, -0.2) is 0 Å². The van der Waals surface area contributed by atoms with Crippen LogP contribution in [0.3, 0.4) is 0 Å². The number of benzene rings is 1. The third kappa shape index (κ3) is 4.66. The third-order valence-electron chi connectivity index (χ3n) is 2.34. The van der Waals surface area contributed by atoms with Crippen molar-refractivity contribution in [2.24, 2.45) is 5.73 Å². The predicted octanol–water partition coefficient (Wildman–Crippen LogP) is 1.92. The lowest BCUT2D eigenvalue weighted by Crippen LogP contribution is -2.18. The van der Waals surface area contributed by atoms with E-state index in [2.05, 4.69) is 10.1 Å². The van der Waals surface area contributed by atoms with Crippen molar-refractivity contribution < 1.29 is 22.7 Å². The number of anilines is 1. The van der Waals surface area contributed by atoms with Crippen LogP contribution in [0.25, 0.3) is 0 Å². The summed E-state index contributed by atoms with van der Waals surface area (Å²) in [4.78, 5) is 11.3. The Labute approximate surface area is 127 Å². The highest BCUT2D eigenvalue weighted by molar-refractivity contribution is 5.99. The largest absolute Gasteiger partial charge is 0.573 e. The molecule has 1 aromatic carbocycles. The fraction of sp³-hybridized carbons (Fsp3) is 0.0769. The van der Waals surface area contributed by atoms with E-state index in [1.165, 1.54) is 18.2 Å². The van der Waals surface area contributed by atoms with Crippen molar-refractivity contribution in [1.82, 2.24) is 0 Å². The standard InChI is InChI=1S/C13H6F3N5O2/c14-13(15,16)23-8-1-2-9(12(20)22)10(3-8)21-11(6-19)7(4-17)5-18/h1-3,21H,(H2,20,22). The molecule has 1 rings (SSSR count). The number of nitrogens with one attached hydrogen (secondary N) is 1. The molecular formula is C13H6F3N5O2.